The van der Waals surface area contributed by atoms with Gasteiger partial charge in [-0.3, -0.25) is 4.98 Å². The van der Waals surface area contributed by atoms with Gasteiger partial charge in [-0.25, -0.2) is 4.98 Å². The van der Waals surface area contributed by atoms with Gasteiger partial charge >= 0.3 is 0 Å². The zero-order chi connectivity index (χ0) is 12.5. The summed E-state index contributed by atoms with van der Waals surface area (Å²) >= 11 is 0. The minimum atomic E-state index is 0.605. The summed E-state index contributed by atoms with van der Waals surface area (Å²) in [6, 6.07) is 1.99. The third kappa shape index (κ3) is 1.95. The van der Waals surface area contributed by atoms with Crippen LogP contribution in [0.3, 0.4) is 0 Å². The first-order valence-electron chi connectivity index (χ1n) is 6.56. The molecule has 0 aromatic carbocycles. The van der Waals surface area contributed by atoms with Crippen molar-refractivity contribution in [2.75, 3.05) is 25.4 Å². The van der Waals surface area contributed by atoms with Crippen molar-refractivity contribution in [2.24, 2.45) is 5.92 Å². The lowest BCUT2D eigenvalue weighted by molar-refractivity contribution is 0.334. The van der Waals surface area contributed by atoms with Crippen LogP contribution in [0.15, 0.2) is 18.5 Å². The highest BCUT2D eigenvalue weighted by Crippen LogP contribution is 2.23. The van der Waals surface area contributed by atoms with Crippen LogP contribution < -0.4 is 5.73 Å². The molecule has 0 radical (unpaired) electrons. The second kappa shape index (κ2) is 4.57. The van der Waals surface area contributed by atoms with Crippen molar-refractivity contribution >= 4 is 17.0 Å². The second-order valence-corrected chi connectivity index (χ2v) is 4.99. The third-order valence-electron chi connectivity index (χ3n) is 3.84. The Bertz CT molecular complexity index is 547. The van der Waals surface area contributed by atoms with Gasteiger partial charge in [0.15, 0.2) is 0 Å². The van der Waals surface area contributed by atoms with Crippen LogP contribution in [-0.2, 0) is 6.54 Å². The standard InChI is InChI=1S/C13H19N5/c1-2-17-6-4-10(8-17)9-18-12-3-5-15-7-11(12)16-13(18)14/h3,5,7,10H,2,4,6,8-9H2,1H3,(H2,14,16). The van der Waals surface area contributed by atoms with Gasteiger partial charge in [-0.05, 0) is 31.5 Å². The SMILES string of the molecule is CCN1CCC(Cn2c(N)nc3cnccc32)C1. The fraction of sp³-hybridized carbons (Fsp3) is 0.538. The summed E-state index contributed by atoms with van der Waals surface area (Å²) in [4.78, 5) is 10.9. The molecule has 1 saturated heterocycles. The average Bonchev–Trinajstić information content (AvgIpc) is 2.96. The molecule has 1 unspecified atom stereocenters. The summed E-state index contributed by atoms with van der Waals surface area (Å²) in [6.45, 7) is 6.69. The lowest BCUT2D eigenvalue weighted by Crippen LogP contribution is -2.21. The normalized spacial score (nSPS) is 20.8. The molecule has 1 fully saturated rings. The second-order valence-electron chi connectivity index (χ2n) is 4.99. The first kappa shape index (κ1) is 11.5. The van der Waals surface area contributed by atoms with Crippen molar-refractivity contribution in [2.45, 2.75) is 19.9 Å². The lowest BCUT2D eigenvalue weighted by atomic mass is 10.1. The molecule has 3 rings (SSSR count). The van der Waals surface area contributed by atoms with Crippen LogP contribution in [0, 0.1) is 5.92 Å². The Kier molecular flexibility index (Phi) is 2.91. The summed E-state index contributed by atoms with van der Waals surface area (Å²) in [7, 11) is 0. The molecule has 2 N–H and O–H groups in total. The number of fused-ring (bicyclic) bond motifs is 1. The van der Waals surface area contributed by atoms with Crippen LogP contribution in [0.25, 0.3) is 11.0 Å². The zero-order valence-corrected chi connectivity index (χ0v) is 10.7. The molecule has 0 amide bonds. The number of imidazole rings is 1. The third-order valence-corrected chi connectivity index (χ3v) is 3.84. The molecule has 0 spiro atoms. The summed E-state index contributed by atoms with van der Waals surface area (Å²) < 4.78 is 2.13. The molecule has 5 nitrogen and oxygen atoms in total. The van der Waals surface area contributed by atoms with E-state index < -0.39 is 0 Å². The van der Waals surface area contributed by atoms with Gasteiger partial charge in [0.05, 0.1) is 11.7 Å². The maximum absolute atomic E-state index is 6.01. The van der Waals surface area contributed by atoms with Crippen LogP contribution in [0.1, 0.15) is 13.3 Å². The van der Waals surface area contributed by atoms with Crippen molar-refractivity contribution in [1.82, 2.24) is 19.4 Å². The van der Waals surface area contributed by atoms with Crippen LogP contribution in [0.4, 0.5) is 5.95 Å². The van der Waals surface area contributed by atoms with Gasteiger partial charge in [0.25, 0.3) is 0 Å². The maximum Gasteiger partial charge on any atom is 0.201 e. The van der Waals surface area contributed by atoms with Crippen LogP contribution in [0.5, 0.6) is 0 Å². The number of nitrogens with two attached hydrogens (primary N) is 1. The Morgan fingerprint density at radius 1 is 1.50 bits per heavy atom. The predicted octanol–water partition coefficient (Wildman–Crippen LogP) is 1.36. The van der Waals surface area contributed by atoms with Gasteiger partial charge in [-0.1, -0.05) is 6.92 Å². The molecule has 1 aliphatic rings. The molecule has 0 saturated carbocycles. The Hall–Kier alpha value is -1.62. The fourth-order valence-corrected chi connectivity index (χ4v) is 2.80. The Morgan fingerprint density at radius 3 is 3.17 bits per heavy atom. The number of likely N-dealkylation sites (tertiary alicyclic amines) is 1. The number of nitrogens with zero attached hydrogens (tertiary/aromatic N) is 4. The summed E-state index contributed by atoms with van der Waals surface area (Å²) in [5, 5.41) is 0. The van der Waals surface area contributed by atoms with E-state index >= 15 is 0 Å². The molecule has 1 aliphatic heterocycles. The minimum Gasteiger partial charge on any atom is -0.369 e. The molecule has 0 bridgehead atoms. The average molecular weight is 245 g/mol. The van der Waals surface area contributed by atoms with Gasteiger partial charge < -0.3 is 15.2 Å². The zero-order valence-electron chi connectivity index (χ0n) is 10.7. The van der Waals surface area contributed by atoms with E-state index in [1.165, 1.54) is 19.5 Å². The Morgan fingerprint density at radius 2 is 2.39 bits per heavy atom. The maximum atomic E-state index is 6.01. The quantitative estimate of drug-likeness (QED) is 0.887. The van der Waals surface area contributed by atoms with E-state index in [1.54, 1.807) is 12.4 Å². The van der Waals surface area contributed by atoms with Gasteiger partial charge in [0.2, 0.25) is 5.95 Å². The van der Waals surface area contributed by atoms with E-state index in [-0.39, 0.29) is 0 Å². The van der Waals surface area contributed by atoms with Crippen molar-refractivity contribution < 1.29 is 0 Å². The largest absolute Gasteiger partial charge is 0.369 e. The molecule has 1 atom stereocenters. The summed E-state index contributed by atoms with van der Waals surface area (Å²) in [6.07, 6.45) is 4.82. The highest BCUT2D eigenvalue weighted by molar-refractivity contribution is 5.77. The molecular weight excluding hydrogens is 226 g/mol. The summed E-state index contributed by atoms with van der Waals surface area (Å²) in [5.74, 6) is 1.28. The van der Waals surface area contributed by atoms with Gasteiger partial charge in [0.1, 0.15) is 5.52 Å². The predicted molar refractivity (Wildman–Crippen MR) is 72.2 cm³/mol. The van der Waals surface area contributed by atoms with Crippen molar-refractivity contribution in [1.29, 1.82) is 0 Å². The van der Waals surface area contributed by atoms with Crippen molar-refractivity contribution in [3.63, 3.8) is 0 Å². The molecule has 2 aromatic rings. The first-order valence-corrected chi connectivity index (χ1v) is 6.56. The molecule has 3 heterocycles. The number of hydrogen-bond donors (Lipinski definition) is 1. The van der Waals surface area contributed by atoms with Crippen molar-refractivity contribution in [3.05, 3.63) is 18.5 Å². The van der Waals surface area contributed by atoms with Crippen LogP contribution in [0.2, 0.25) is 0 Å². The van der Waals surface area contributed by atoms with E-state index in [4.69, 9.17) is 5.73 Å². The van der Waals surface area contributed by atoms with Crippen molar-refractivity contribution in [3.8, 4) is 0 Å². The van der Waals surface area contributed by atoms with Crippen LogP contribution in [-0.4, -0.2) is 39.1 Å². The van der Waals surface area contributed by atoms with E-state index in [9.17, 15) is 0 Å². The number of anilines is 1. The first-order chi connectivity index (χ1) is 8.78. The topological polar surface area (TPSA) is 60.0 Å². The monoisotopic (exact) mass is 245 g/mol. The van der Waals surface area contributed by atoms with Gasteiger partial charge in [0, 0.05) is 19.3 Å². The lowest BCUT2D eigenvalue weighted by Gasteiger charge is -2.14. The molecule has 2 aromatic heterocycles. The smallest absolute Gasteiger partial charge is 0.201 e. The van der Waals surface area contributed by atoms with Gasteiger partial charge in [-0.2, -0.15) is 0 Å². The number of nitrogen functional groups attached to an aromatic ring is 1. The number of pyridine rings is 1. The van der Waals surface area contributed by atoms with E-state index in [2.05, 4.69) is 26.4 Å². The fourth-order valence-electron chi connectivity index (χ4n) is 2.80. The molecular formula is C13H19N5. The van der Waals surface area contributed by atoms with Crippen LogP contribution >= 0.6 is 0 Å². The molecule has 5 heteroatoms. The number of hydrogen-bond acceptors (Lipinski definition) is 4. The Balaban J connectivity index is 1.84. The molecule has 18 heavy (non-hydrogen) atoms. The van der Waals surface area contributed by atoms with E-state index in [1.807, 2.05) is 6.07 Å². The van der Waals surface area contributed by atoms with E-state index in [0.717, 1.165) is 24.1 Å². The molecule has 96 valence electrons. The molecule has 0 aliphatic carbocycles. The van der Waals surface area contributed by atoms with E-state index in [0.29, 0.717) is 11.9 Å². The highest BCUT2D eigenvalue weighted by Gasteiger charge is 2.22. The summed E-state index contributed by atoms with van der Waals surface area (Å²) in [5.41, 5.74) is 7.99. The highest BCUT2D eigenvalue weighted by atomic mass is 15.2. The number of rotatable bonds is 3. The Labute approximate surface area is 107 Å². The van der Waals surface area contributed by atoms with Gasteiger partial charge in [-0.15, -0.1) is 0 Å². The number of aromatic nitrogens is 3. The minimum absolute atomic E-state index is 0.605.